The van der Waals surface area contributed by atoms with E-state index in [9.17, 15) is 14.9 Å². The Labute approximate surface area is 171 Å². The summed E-state index contributed by atoms with van der Waals surface area (Å²) in [6, 6.07) is 7.34. The maximum absolute atomic E-state index is 12.3. The van der Waals surface area contributed by atoms with Gasteiger partial charge in [-0.1, -0.05) is 18.2 Å². The normalized spacial score (nSPS) is 16.4. The van der Waals surface area contributed by atoms with Crippen molar-refractivity contribution < 1.29 is 14.3 Å². The van der Waals surface area contributed by atoms with E-state index >= 15 is 0 Å². The summed E-state index contributed by atoms with van der Waals surface area (Å²) in [6.45, 7) is 1.62. The van der Waals surface area contributed by atoms with Crippen molar-refractivity contribution >= 4 is 23.4 Å². The monoisotopic (exact) mass is 412 g/mol. The Kier molecular flexibility index (Phi) is 5.20. The summed E-state index contributed by atoms with van der Waals surface area (Å²) in [5.41, 5.74) is 0.754. The second-order valence-electron chi connectivity index (χ2n) is 7.13. The van der Waals surface area contributed by atoms with Crippen LogP contribution in [0.3, 0.4) is 0 Å². The number of nitriles is 1. The van der Waals surface area contributed by atoms with Crippen LogP contribution in [0.4, 0.5) is 5.69 Å². The molecule has 2 heterocycles. The Morgan fingerprint density at radius 1 is 1.31 bits per heavy atom. The fourth-order valence-corrected chi connectivity index (χ4v) is 4.42. The second-order valence-corrected chi connectivity index (χ2v) is 8.10. The number of benzene rings is 1. The van der Waals surface area contributed by atoms with E-state index in [1.54, 1.807) is 25.1 Å². The van der Waals surface area contributed by atoms with Crippen molar-refractivity contribution in [2.75, 3.05) is 11.1 Å². The van der Waals surface area contributed by atoms with Gasteiger partial charge in [-0.15, -0.1) is 0 Å². The first-order chi connectivity index (χ1) is 14.0. The predicted octanol–water partition coefficient (Wildman–Crippen LogP) is 3.11. The molecule has 0 saturated heterocycles. The lowest BCUT2D eigenvalue weighted by Gasteiger charge is -2.31. The first-order valence-corrected chi connectivity index (χ1v) is 10.4. The molecule has 9 heteroatoms. The van der Waals surface area contributed by atoms with Crippen LogP contribution in [0.5, 0.6) is 11.5 Å². The molecular weight excluding hydrogens is 392 g/mol. The maximum Gasteiger partial charge on any atom is 0.346 e. The number of aromatic amines is 1. The number of rotatable bonds is 4. The molecule has 1 fully saturated rings. The fourth-order valence-electron chi connectivity index (χ4n) is 3.59. The number of aryl methyl sites for hydroxylation is 1. The lowest BCUT2D eigenvalue weighted by Crippen LogP contribution is -2.40. The number of carbonyl (C=O) groups is 1. The van der Waals surface area contributed by atoms with Gasteiger partial charge in [0, 0.05) is 30.3 Å². The van der Waals surface area contributed by atoms with Gasteiger partial charge in [0.25, 0.3) is 5.79 Å². The van der Waals surface area contributed by atoms with Crippen molar-refractivity contribution in [2.45, 2.75) is 49.8 Å². The number of amides is 1. The summed E-state index contributed by atoms with van der Waals surface area (Å²) in [6.07, 6.45) is 5.08. The van der Waals surface area contributed by atoms with Gasteiger partial charge in [-0.05, 0) is 31.9 Å². The van der Waals surface area contributed by atoms with Gasteiger partial charge in [-0.2, -0.15) is 10.2 Å². The fraction of sp³-hybridized carbons (Fsp3) is 0.400. The Morgan fingerprint density at radius 2 is 2.07 bits per heavy atom. The number of fused-ring (bicyclic) bond motifs is 1. The minimum absolute atomic E-state index is 0.0168. The highest BCUT2D eigenvalue weighted by molar-refractivity contribution is 8.00. The highest BCUT2D eigenvalue weighted by Crippen LogP contribution is 2.46. The number of carbonyl (C=O) groups excluding carboxylic acids is 1. The Morgan fingerprint density at radius 3 is 2.83 bits per heavy atom. The summed E-state index contributed by atoms with van der Waals surface area (Å²) < 4.78 is 12.1. The van der Waals surface area contributed by atoms with Crippen LogP contribution in [0.25, 0.3) is 0 Å². The molecule has 0 radical (unpaired) electrons. The average Bonchev–Trinajstić information content (AvgIpc) is 3.03. The molecule has 1 aromatic carbocycles. The van der Waals surface area contributed by atoms with Gasteiger partial charge in [0.15, 0.2) is 11.5 Å². The number of nitrogens with one attached hydrogen (secondary N) is 2. The third kappa shape index (κ3) is 4.07. The highest BCUT2D eigenvalue weighted by atomic mass is 32.2. The zero-order valence-corrected chi connectivity index (χ0v) is 16.7. The van der Waals surface area contributed by atoms with Crippen LogP contribution in [0.15, 0.2) is 28.0 Å². The van der Waals surface area contributed by atoms with E-state index in [4.69, 9.17) is 9.47 Å². The Balaban J connectivity index is 1.40. The molecule has 2 N–H and O–H groups in total. The molecule has 29 heavy (non-hydrogen) atoms. The number of ether oxygens (including phenoxy) is 2. The molecule has 0 atom stereocenters. The average molecular weight is 412 g/mol. The first kappa shape index (κ1) is 19.3. The van der Waals surface area contributed by atoms with Gasteiger partial charge in [0.05, 0.1) is 5.75 Å². The van der Waals surface area contributed by atoms with E-state index in [-0.39, 0.29) is 22.2 Å². The summed E-state index contributed by atoms with van der Waals surface area (Å²) in [7, 11) is 0. The van der Waals surface area contributed by atoms with Crippen molar-refractivity contribution in [3.05, 3.63) is 39.9 Å². The summed E-state index contributed by atoms with van der Waals surface area (Å²) in [5.74, 6) is 0.515. The molecule has 0 unspecified atom stereocenters. The molecule has 1 aliphatic carbocycles. The van der Waals surface area contributed by atoms with Crippen LogP contribution in [-0.2, 0) is 4.79 Å². The topological polar surface area (TPSA) is 117 Å². The van der Waals surface area contributed by atoms with E-state index in [2.05, 4.69) is 15.3 Å². The first-order valence-electron chi connectivity index (χ1n) is 9.44. The zero-order chi connectivity index (χ0) is 20.4. The number of nitrogens with zero attached hydrogens (tertiary/aromatic N) is 2. The quantitative estimate of drug-likeness (QED) is 0.585. The summed E-state index contributed by atoms with van der Waals surface area (Å²) in [5, 5.41) is 12.3. The second kappa shape index (κ2) is 7.79. The minimum atomic E-state index is -0.559. The summed E-state index contributed by atoms with van der Waals surface area (Å²) >= 11 is 1.05. The van der Waals surface area contributed by atoms with Crippen LogP contribution in [0.2, 0.25) is 0 Å². The van der Waals surface area contributed by atoms with Crippen LogP contribution in [-0.4, -0.2) is 27.4 Å². The number of hydrogen-bond donors (Lipinski definition) is 2. The molecule has 4 rings (SSSR count). The van der Waals surface area contributed by atoms with E-state index in [1.807, 2.05) is 6.07 Å². The molecular formula is C20H20N4O4S. The van der Waals surface area contributed by atoms with E-state index in [0.29, 0.717) is 22.9 Å². The zero-order valence-electron chi connectivity index (χ0n) is 15.9. The van der Waals surface area contributed by atoms with E-state index in [0.717, 1.165) is 37.4 Å². The maximum atomic E-state index is 12.3. The van der Waals surface area contributed by atoms with E-state index in [1.165, 1.54) is 6.42 Å². The molecule has 2 aromatic rings. The molecule has 1 aliphatic heterocycles. The predicted molar refractivity (Wildman–Crippen MR) is 107 cm³/mol. The number of anilines is 1. The van der Waals surface area contributed by atoms with Crippen LogP contribution < -0.4 is 20.5 Å². The number of hydrogen-bond acceptors (Lipinski definition) is 7. The van der Waals surface area contributed by atoms with Crippen LogP contribution in [0.1, 0.15) is 43.4 Å². The lowest BCUT2D eigenvalue weighted by molar-refractivity contribution is -0.113. The number of H-pyrrole nitrogens is 1. The van der Waals surface area contributed by atoms with Crippen molar-refractivity contribution in [1.29, 1.82) is 5.26 Å². The van der Waals surface area contributed by atoms with Crippen molar-refractivity contribution in [3.8, 4) is 17.6 Å². The molecule has 8 nitrogen and oxygen atoms in total. The molecule has 1 spiro atoms. The minimum Gasteiger partial charge on any atom is -0.448 e. The van der Waals surface area contributed by atoms with Gasteiger partial charge in [0.2, 0.25) is 5.91 Å². The smallest absolute Gasteiger partial charge is 0.346 e. The van der Waals surface area contributed by atoms with Crippen molar-refractivity contribution in [2.24, 2.45) is 0 Å². The molecule has 2 aliphatic rings. The van der Waals surface area contributed by atoms with Gasteiger partial charge >= 0.3 is 5.69 Å². The largest absolute Gasteiger partial charge is 0.448 e. The van der Waals surface area contributed by atoms with Crippen LogP contribution in [0, 0.1) is 18.3 Å². The molecule has 150 valence electrons. The number of aromatic nitrogens is 2. The Bertz CT molecular complexity index is 1050. The van der Waals surface area contributed by atoms with Gasteiger partial charge in [-0.3, -0.25) is 4.79 Å². The highest BCUT2D eigenvalue weighted by Gasteiger charge is 2.42. The summed E-state index contributed by atoms with van der Waals surface area (Å²) in [4.78, 5) is 30.2. The van der Waals surface area contributed by atoms with Crippen molar-refractivity contribution in [3.63, 3.8) is 0 Å². The van der Waals surface area contributed by atoms with E-state index < -0.39 is 11.5 Å². The number of thioether (sulfide) groups is 1. The lowest BCUT2D eigenvalue weighted by atomic mass is 9.94. The van der Waals surface area contributed by atoms with Gasteiger partial charge in [0.1, 0.15) is 16.7 Å². The van der Waals surface area contributed by atoms with Gasteiger partial charge in [-0.25, -0.2) is 4.79 Å². The van der Waals surface area contributed by atoms with Crippen molar-refractivity contribution in [1.82, 2.24) is 9.97 Å². The molecule has 1 saturated carbocycles. The third-order valence-electron chi connectivity index (χ3n) is 4.97. The molecule has 1 aromatic heterocycles. The standard InChI is InChI=1S/C20H20N4O4S/c1-12-14(10-21)18(24-19(26)22-12)29-11-17(25)23-13-5-6-15-16(9-13)28-20(27-15)7-3-2-4-8-20/h5-6,9H,2-4,7-8,11H2,1H3,(H,23,25)(H,22,24,26). The Hall–Kier alpha value is -2.99. The third-order valence-corrected chi connectivity index (χ3v) is 5.95. The SMILES string of the molecule is Cc1[nH]c(=O)nc(SCC(=O)Nc2ccc3c(c2)OC2(CCCCC2)O3)c1C#N. The molecule has 0 bridgehead atoms. The van der Waals surface area contributed by atoms with Crippen LogP contribution >= 0.6 is 11.8 Å². The van der Waals surface area contributed by atoms with Gasteiger partial charge < -0.3 is 19.8 Å². The molecule has 1 amide bonds.